The summed E-state index contributed by atoms with van der Waals surface area (Å²) in [6.45, 7) is 4.88. The summed E-state index contributed by atoms with van der Waals surface area (Å²) in [4.78, 5) is 24.3. The molecule has 2 aromatic heterocycles. The minimum Gasteiger partial charge on any atom is -0.354 e. The first-order chi connectivity index (χ1) is 14.2. The molecule has 0 aliphatic carbocycles. The molecule has 1 fully saturated rings. The van der Waals surface area contributed by atoms with Gasteiger partial charge in [0.25, 0.3) is 0 Å². The summed E-state index contributed by atoms with van der Waals surface area (Å²) < 4.78 is 0. The van der Waals surface area contributed by atoms with E-state index in [-0.39, 0.29) is 12.5 Å². The number of guanidine groups is 1. The van der Waals surface area contributed by atoms with Crippen LogP contribution in [0, 0.1) is 0 Å². The van der Waals surface area contributed by atoms with Crippen LogP contribution in [0.4, 0.5) is 0 Å². The molecule has 0 spiro atoms. The standard InChI is InChI=1S/C21H29N5OS2/c1-22-21(23-13-17(19-5-4-11-28-19)25-8-2-3-9-25)24-14-20(27)26-10-6-18-16(15-26)7-12-29-18/h4-5,7,11-12,17H,2-3,6,8-10,13-15H2,1H3,(H2,22,23,24). The van der Waals surface area contributed by atoms with E-state index in [1.54, 1.807) is 18.4 Å². The minimum absolute atomic E-state index is 0.124. The highest BCUT2D eigenvalue weighted by Gasteiger charge is 2.25. The van der Waals surface area contributed by atoms with Gasteiger partial charge in [0, 0.05) is 36.4 Å². The number of thiophene rings is 2. The summed E-state index contributed by atoms with van der Waals surface area (Å²) >= 11 is 3.60. The van der Waals surface area contributed by atoms with Crippen LogP contribution in [0.1, 0.15) is 34.2 Å². The normalized spacial score (nSPS) is 18.5. The second-order valence-electron chi connectivity index (χ2n) is 7.52. The van der Waals surface area contributed by atoms with Gasteiger partial charge in [0.05, 0.1) is 12.6 Å². The maximum Gasteiger partial charge on any atom is 0.242 e. The monoisotopic (exact) mass is 431 g/mol. The molecule has 4 rings (SSSR count). The van der Waals surface area contributed by atoms with Crippen molar-refractivity contribution in [2.45, 2.75) is 31.8 Å². The molecule has 2 aliphatic heterocycles. The van der Waals surface area contributed by atoms with Crippen molar-refractivity contribution in [1.29, 1.82) is 0 Å². The molecule has 8 heteroatoms. The molecule has 1 atom stereocenters. The molecule has 4 heterocycles. The molecule has 1 amide bonds. The van der Waals surface area contributed by atoms with Crippen molar-refractivity contribution >= 4 is 34.5 Å². The van der Waals surface area contributed by atoms with E-state index in [4.69, 9.17) is 0 Å². The van der Waals surface area contributed by atoms with Crippen LogP contribution < -0.4 is 10.6 Å². The highest BCUT2D eigenvalue weighted by Crippen LogP contribution is 2.28. The molecule has 0 aromatic carbocycles. The maximum absolute atomic E-state index is 12.7. The fourth-order valence-corrected chi connectivity index (χ4v) is 5.84. The van der Waals surface area contributed by atoms with Crippen LogP contribution in [-0.4, -0.2) is 61.4 Å². The van der Waals surface area contributed by atoms with Gasteiger partial charge in [-0.25, -0.2) is 0 Å². The number of nitrogens with one attached hydrogen (secondary N) is 2. The summed E-state index contributed by atoms with van der Waals surface area (Å²) in [6.07, 6.45) is 3.50. The molecule has 0 radical (unpaired) electrons. The van der Waals surface area contributed by atoms with Crippen LogP contribution in [0.2, 0.25) is 0 Å². The number of hydrogen-bond acceptors (Lipinski definition) is 5. The second-order valence-corrected chi connectivity index (χ2v) is 9.50. The quantitative estimate of drug-likeness (QED) is 0.545. The molecule has 2 aliphatic rings. The van der Waals surface area contributed by atoms with Crippen LogP contribution in [0.3, 0.4) is 0 Å². The Morgan fingerprint density at radius 3 is 2.79 bits per heavy atom. The van der Waals surface area contributed by atoms with E-state index in [1.807, 2.05) is 16.2 Å². The van der Waals surface area contributed by atoms with Crippen LogP contribution in [0.15, 0.2) is 34.0 Å². The lowest BCUT2D eigenvalue weighted by atomic mass is 10.1. The average molecular weight is 432 g/mol. The van der Waals surface area contributed by atoms with Crippen molar-refractivity contribution in [1.82, 2.24) is 20.4 Å². The van der Waals surface area contributed by atoms with Crippen LogP contribution in [0.5, 0.6) is 0 Å². The van der Waals surface area contributed by atoms with Gasteiger partial charge in [-0.2, -0.15) is 0 Å². The number of hydrogen-bond donors (Lipinski definition) is 2. The fraction of sp³-hybridized carbons (Fsp3) is 0.524. The minimum atomic E-state index is 0.124. The predicted molar refractivity (Wildman–Crippen MR) is 121 cm³/mol. The van der Waals surface area contributed by atoms with E-state index in [0.717, 1.165) is 39.1 Å². The van der Waals surface area contributed by atoms with E-state index >= 15 is 0 Å². The molecule has 156 valence electrons. The van der Waals surface area contributed by atoms with Crippen molar-refractivity contribution in [3.05, 3.63) is 44.3 Å². The third-order valence-electron chi connectivity index (χ3n) is 5.71. The van der Waals surface area contributed by atoms with Crippen molar-refractivity contribution in [2.24, 2.45) is 4.99 Å². The number of aliphatic imine (C=N–C) groups is 1. The summed E-state index contributed by atoms with van der Waals surface area (Å²) in [7, 11) is 1.76. The molecular formula is C21H29N5OS2. The lowest BCUT2D eigenvalue weighted by Gasteiger charge is -2.28. The number of amides is 1. The van der Waals surface area contributed by atoms with Crippen molar-refractivity contribution in [3.8, 4) is 0 Å². The molecule has 1 unspecified atom stereocenters. The summed E-state index contributed by atoms with van der Waals surface area (Å²) in [5.41, 5.74) is 1.29. The van der Waals surface area contributed by atoms with E-state index in [1.165, 1.54) is 28.2 Å². The van der Waals surface area contributed by atoms with Crippen LogP contribution >= 0.6 is 22.7 Å². The fourth-order valence-electron chi connectivity index (χ4n) is 4.09. The zero-order valence-corrected chi connectivity index (χ0v) is 18.5. The molecule has 6 nitrogen and oxygen atoms in total. The SMILES string of the molecule is CN=C(NCC(=O)N1CCc2sccc2C1)NCC(c1cccs1)N1CCCC1. The predicted octanol–water partition coefficient (Wildman–Crippen LogP) is 2.70. The Labute approximate surface area is 180 Å². The van der Waals surface area contributed by atoms with Crippen LogP contribution in [0.25, 0.3) is 0 Å². The maximum atomic E-state index is 12.7. The first kappa shape index (κ1) is 20.4. The largest absolute Gasteiger partial charge is 0.354 e. The lowest BCUT2D eigenvalue weighted by molar-refractivity contribution is -0.130. The summed E-state index contributed by atoms with van der Waals surface area (Å²) in [5, 5.41) is 10.9. The van der Waals surface area contributed by atoms with Gasteiger partial charge in [-0.05, 0) is 60.8 Å². The average Bonchev–Trinajstić information content (AvgIpc) is 3.52. The molecule has 1 saturated heterocycles. The molecular weight excluding hydrogens is 402 g/mol. The number of fused-ring (bicyclic) bond motifs is 1. The third kappa shape index (κ3) is 4.99. The Morgan fingerprint density at radius 2 is 2.03 bits per heavy atom. The van der Waals surface area contributed by atoms with E-state index in [0.29, 0.717) is 12.0 Å². The highest BCUT2D eigenvalue weighted by atomic mass is 32.1. The van der Waals surface area contributed by atoms with Gasteiger partial charge >= 0.3 is 0 Å². The molecule has 29 heavy (non-hydrogen) atoms. The van der Waals surface area contributed by atoms with E-state index < -0.39 is 0 Å². The Kier molecular flexibility index (Phi) is 6.84. The number of nitrogens with zero attached hydrogens (tertiary/aromatic N) is 3. The Bertz CT molecular complexity index is 826. The smallest absolute Gasteiger partial charge is 0.242 e. The Hall–Kier alpha value is -1.90. The Balaban J connectivity index is 1.28. The lowest BCUT2D eigenvalue weighted by Crippen LogP contribution is -2.47. The van der Waals surface area contributed by atoms with Gasteiger partial charge < -0.3 is 15.5 Å². The molecule has 0 bridgehead atoms. The summed E-state index contributed by atoms with van der Waals surface area (Å²) in [5.74, 6) is 0.812. The van der Waals surface area contributed by atoms with E-state index in [2.05, 4.69) is 49.5 Å². The topological polar surface area (TPSA) is 60.0 Å². The van der Waals surface area contributed by atoms with Crippen molar-refractivity contribution in [3.63, 3.8) is 0 Å². The number of likely N-dealkylation sites (tertiary alicyclic amines) is 1. The first-order valence-corrected chi connectivity index (χ1v) is 12.1. The van der Waals surface area contributed by atoms with Crippen LogP contribution in [-0.2, 0) is 17.8 Å². The third-order valence-corrected chi connectivity index (χ3v) is 7.70. The number of carbonyl (C=O) groups excluding carboxylic acids is 1. The molecule has 2 aromatic rings. The van der Waals surface area contributed by atoms with Crippen molar-refractivity contribution in [2.75, 3.05) is 39.8 Å². The summed E-state index contributed by atoms with van der Waals surface area (Å²) in [6, 6.07) is 6.82. The molecule has 0 saturated carbocycles. The molecule has 2 N–H and O–H groups in total. The van der Waals surface area contributed by atoms with Gasteiger partial charge in [0.1, 0.15) is 0 Å². The van der Waals surface area contributed by atoms with Gasteiger partial charge in [-0.1, -0.05) is 6.07 Å². The Morgan fingerprint density at radius 1 is 1.17 bits per heavy atom. The van der Waals surface area contributed by atoms with Gasteiger partial charge in [-0.3, -0.25) is 14.7 Å². The highest BCUT2D eigenvalue weighted by molar-refractivity contribution is 7.10. The first-order valence-electron chi connectivity index (χ1n) is 10.3. The zero-order chi connectivity index (χ0) is 20.1. The number of carbonyl (C=O) groups is 1. The van der Waals surface area contributed by atoms with Crippen molar-refractivity contribution < 1.29 is 4.79 Å². The van der Waals surface area contributed by atoms with E-state index in [9.17, 15) is 4.79 Å². The zero-order valence-electron chi connectivity index (χ0n) is 16.9. The number of rotatable bonds is 6. The second kappa shape index (κ2) is 9.73. The van der Waals surface area contributed by atoms with Gasteiger partial charge in [0.15, 0.2) is 5.96 Å². The van der Waals surface area contributed by atoms with Gasteiger partial charge in [-0.15, -0.1) is 22.7 Å². The van der Waals surface area contributed by atoms with Gasteiger partial charge in [0.2, 0.25) is 5.91 Å².